The Morgan fingerprint density at radius 1 is 1.28 bits per heavy atom. The normalized spacial score (nSPS) is 22.6. The molecule has 8 nitrogen and oxygen atoms in total. The molecule has 4 rings (SSSR count). The van der Waals surface area contributed by atoms with Crippen LogP contribution in [0.5, 0.6) is 5.75 Å². The van der Waals surface area contributed by atoms with E-state index in [1.165, 1.54) is 17.7 Å². The van der Waals surface area contributed by atoms with E-state index in [9.17, 15) is 9.59 Å². The predicted molar refractivity (Wildman–Crippen MR) is 113 cm³/mol. The van der Waals surface area contributed by atoms with E-state index in [1.54, 1.807) is 0 Å². The van der Waals surface area contributed by atoms with E-state index in [1.807, 2.05) is 11.8 Å². The maximum absolute atomic E-state index is 15.2. The number of hydrogen-bond donors (Lipinski definition) is 2. The van der Waals surface area contributed by atoms with Gasteiger partial charge in [-0.1, -0.05) is 6.92 Å². The Hall–Kier alpha value is -2.26. The average Bonchev–Trinajstić information content (AvgIpc) is 3.40. The molecule has 3 atom stereocenters. The van der Waals surface area contributed by atoms with Crippen molar-refractivity contribution in [2.45, 2.75) is 38.8 Å². The lowest BCUT2D eigenvalue weighted by Crippen LogP contribution is -2.44. The predicted octanol–water partition coefficient (Wildman–Crippen LogP) is 1.20. The van der Waals surface area contributed by atoms with Crippen molar-refractivity contribution in [3.63, 3.8) is 0 Å². The molecule has 2 fully saturated rings. The summed E-state index contributed by atoms with van der Waals surface area (Å²) < 4.78 is 22.8. The summed E-state index contributed by atoms with van der Waals surface area (Å²) in [5, 5.41) is 0.0445. The minimum atomic E-state index is -0.733. The summed E-state index contributed by atoms with van der Waals surface area (Å²) in [7, 11) is 1.43. The largest absolute Gasteiger partial charge is 0.492 e. The van der Waals surface area contributed by atoms with Crippen molar-refractivity contribution in [1.82, 2.24) is 9.24 Å². The zero-order valence-electron chi connectivity index (χ0n) is 16.7. The first kappa shape index (κ1) is 21.4. The van der Waals surface area contributed by atoms with Crippen LogP contribution in [0.25, 0.3) is 10.9 Å². The van der Waals surface area contributed by atoms with E-state index >= 15 is 4.39 Å². The Morgan fingerprint density at radius 3 is 2.45 bits per heavy atom. The number of methoxy groups -OCH3 is 1. The second-order valence-electron chi connectivity index (χ2n) is 8.10. The number of benzene rings is 1. The van der Waals surface area contributed by atoms with Gasteiger partial charge in [-0.05, 0) is 37.7 Å². The molecule has 1 aromatic heterocycles. The average molecular weight is 428 g/mol. The molecule has 0 bridgehead atoms. The Balaban J connectivity index is 0.00000240. The minimum absolute atomic E-state index is 0. The first-order valence-electron chi connectivity index (χ1n) is 9.59. The Labute approximate surface area is 173 Å². The highest BCUT2D eigenvalue weighted by molar-refractivity contribution is 5.91. The lowest BCUT2D eigenvalue weighted by Gasteiger charge is -2.25. The van der Waals surface area contributed by atoms with Crippen LogP contribution in [0.3, 0.4) is 0 Å². The fourth-order valence-corrected chi connectivity index (χ4v) is 4.46. The number of nitrogens with two attached hydrogens (primary N) is 2. The summed E-state index contributed by atoms with van der Waals surface area (Å²) in [4.78, 5) is 27.2. The van der Waals surface area contributed by atoms with Crippen molar-refractivity contribution in [1.29, 1.82) is 0 Å². The molecule has 1 saturated carbocycles. The van der Waals surface area contributed by atoms with E-state index < -0.39 is 17.1 Å². The number of rotatable bonds is 4. The van der Waals surface area contributed by atoms with Crippen LogP contribution in [-0.2, 0) is 0 Å². The fourth-order valence-electron chi connectivity index (χ4n) is 4.46. The number of halogens is 2. The monoisotopic (exact) mass is 427 g/mol. The molecular weight excluding hydrogens is 401 g/mol. The molecule has 0 spiro atoms. The third-order valence-corrected chi connectivity index (χ3v) is 6.06. The molecule has 1 aromatic carbocycles. The van der Waals surface area contributed by atoms with Gasteiger partial charge in [0.05, 0.1) is 12.5 Å². The number of nitrogens with zero attached hydrogens (tertiary/aromatic N) is 3. The Bertz CT molecular complexity index is 1060. The number of hydrogen-bond acceptors (Lipinski definition) is 6. The molecule has 1 aliphatic carbocycles. The van der Waals surface area contributed by atoms with Crippen molar-refractivity contribution in [2.24, 2.45) is 17.6 Å². The number of anilines is 1. The third kappa shape index (κ3) is 3.26. The van der Waals surface area contributed by atoms with Gasteiger partial charge in [-0.15, -0.1) is 12.4 Å². The van der Waals surface area contributed by atoms with Gasteiger partial charge in [0.1, 0.15) is 11.2 Å². The van der Waals surface area contributed by atoms with Crippen LogP contribution >= 0.6 is 12.4 Å². The first-order valence-corrected chi connectivity index (χ1v) is 9.59. The smallest absolute Gasteiger partial charge is 0.350 e. The highest BCUT2D eigenvalue weighted by Gasteiger charge is 2.37. The van der Waals surface area contributed by atoms with Gasteiger partial charge in [0.25, 0.3) is 5.56 Å². The van der Waals surface area contributed by atoms with E-state index in [4.69, 9.17) is 16.3 Å². The van der Waals surface area contributed by atoms with Gasteiger partial charge < -0.3 is 21.2 Å². The summed E-state index contributed by atoms with van der Waals surface area (Å²) in [5.41, 5.74) is 5.34. The van der Waals surface area contributed by atoms with Gasteiger partial charge in [0, 0.05) is 25.2 Å². The van der Waals surface area contributed by atoms with Gasteiger partial charge >= 0.3 is 5.69 Å². The SMILES string of the molecule is COc1c(N2CC(C)C(C(C)N)C2)c(F)cc2c(=O)n(N)c(=O)n(C3CC3)c12.Cl. The Morgan fingerprint density at radius 2 is 1.93 bits per heavy atom. The van der Waals surface area contributed by atoms with Crippen molar-refractivity contribution in [2.75, 3.05) is 30.9 Å². The second kappa shape index (κ2) is 7.53. The van der Waals surface area contributed by atoms with E-state index in [0.717, 1.165) is 12.8 Å². The molecule has 160 valence electrons. The highest BCUT2D eigenvalue weighted by Crippen LogP contribution is 2.44. The number of aromatic nitrogens is 2. The van der Waals surface area contributed by atoms with Crippen LogP contribution in [0.1, 0.15) is 32.7 Å². The standard InChI is InChI=1S/C19H26FN5O3.ClH/c1-9-7-23(8-13(9)10(2)21)16-14(20)6-12-15(17(16)28-3)24(11-4-5-11)19(27)25(22)18(12)26;/h6,9-11,13H,4-5,7-8,21-22H2,1-3H3;1H. The maximum atomic E-state index is 15.2. The van der Waals surface area contributed by atoms with Crippen LogP contribution in [0.2, 0.25) is 0 Å². The van der Waals surface area contributed by atoms with Crippen molar-refractivity contribution in [3.05, 3.63) is 32.7 Å². The van der Waals surface area contributed by atoms with Crippen LogP contribution in [-0.4, -0.2) is 35.5 Å². The summed E-state index contributed by atoms with van der Waals surface area (Å²) in [5.74, 6) is 5.79. The molecule has 2 aromatic rings. The quantitative estimate of drug-likeness (QED) is 0.710. The van der Waals surface area contributed by atoms with Crippen LogP contribution in [0, 0.1) is 17.7 Å². The zero-order valence-corrected chi connectivity index (χ0v) is 17.5. The maximum Gasteiger partial charge on any atom is 0.350 e. The van der Waals surface area contributed by atoms with E-state index in [2.05, 4.69) is 6.92 Å². The zero-order chi connectivity index (χ0) is 20.3. The summed E-state index contributed by atoms with van der Waals surface area (Å²) in [6.45, 7) is 5.24. The van der Waals surface area contributed by atoms with Gasteiger partial charge in [0.2, 0.25) is 0 Å². The molecule has 0 amide bonds. The molecular formula is C19H27ClFN5O3. The lowest BCUT2D eigenvalue weighted by molar-refractivity contribution is 0.389. The van der Waals surface area contributed by atoms with Gasteiger partial charge in [-0.3, -0.25) is 9.36 Å². The molecule has 0 radical (unpaired) electrons. The van der Waals surface area contributed by atoms with Crippen LogP contribution in [0.15, 0.2) is 15.7 Å². The second-order valence-corrected chi connectivity index (χ2v) is 8.10. The van der Waals surface area contributed by atoms with Crippen molar-refractivity contribution >= 4 is 29.0 Å². The minimum Gasteiger partial charge on any atom is -0.492 e. The fraction of sp³-hybridized carbons (Fsp3) is 0.579. The number of nitrogen functional groups attached to an aromatic ring is 1. The topological polar surface area (TPSA) is 109 Å². The van der Waals surface area contributed by atoms with E-state index in [-0.39, 0.29) is 53.1 Å². The van der Waals surface area contributed by atoms with Crippen LogP contribution in [0.4, 0.5) is 10.1 Å². The summed E-state index contributed by atoms with van der Waals surface area (Å²) >= 11 is 0. The number of ether oxygens (including phenoxy) is 1. The lowest BCUT2D eigenvalue weighted by atomic mass is 9.92. The summed E-state index contributed by atoms with van der Waals surface area (Å²) in [6, 6.07) is 1.08. The van der Waals surface area contributed by atoms with Gasteiger partial charge in [0.15, 0.2) is 11.6 Å². The molecule has 2 heterocycles. The molecule has 1 saturated heterocycles. The molecule has 2 aliphatic rings. The molecule has 10 heteroatoms. The first-order chi connectivity index (χ1) is 13.3. The van der Waals surface area contributed by atoms with Crippen molar-refractivity contribution < 1.29 is 9.13 Å². The Kier molecular flexibility index (Phi) is 5.57. The third-order valence-electron chi connectivity index (χ3n) is 6.06. The molecule has 29 heavy (non-hydrogen) atoms. The number of fused-ring (bicyclic) bond motifs is 1. The molecule has 3 unspecified atom stereocenters. The highest BCUT2D eigenvalue weighted by atomic mass is 35.5. The molecule has 4 N–H and O–H groups in total. The van der Waals surface area contributed by atoms with E-state index in [0.29, 0.717) is 23.3 Å². The van der Waals surface area contributed by atoms with Crippen molar-refractivity contribution in [3.8, 4) is 5.75 Å². The summed E-state index contributed by atoms with van der Waals surface area (Å²) in [6.07, 6.45) is 1.60. The van der Waals surface area contributed by atoms with Gasteiger partial charge in [-0.2, -0.15) is 4.68 Å². The molecule has 1 aliphatic heterocycles. The van der Waals surface area contributed by atoms with Gasteiger partial charge in [-0.25, -0.2) is 9.18 Å². The van der Waals surface area contributed by atoms with Crippen LogP contribution < -0.4 is 32.5 Å².